The lowest BCUT2D eigenvalue weighted by atomic mass is 9.72. The van der Waals surface area contributed by atoms with E-state index < -0.39 is 17.5 Å². The van der Waals surface area contributed by atoms with E-state index in [1.807, 2.05) is 0 Å². The van der Waals surface area contributed by atoms with Crippen molar-refractivity contribution in [1.29, 1.82) is 0 Å². The third-order valence-corrected chi connectivity index (χ3v) is 3.76. The van der Waals surface area contributed by atoms with E-state index in [1.54, 1.807) is 0 Å². The molecule has 1 aliphatic rings. The molecule has 1 fully saturated rings. The van der Waals surface area contributed by atoms with Crippen molar-refractivity contribution in [2.45, 2.75) is 51.0 Å². The highest BCUT2D eigenvalue weighted by atomic mass is 16.5. The van der Waals surface area contributed by atoms with E-state index in [2.05, 4.69) is 4.74 Å². The van der Waals surface area contributed by atoms with Gasteiger partial charge in [-0.05, 0) is 12.8 Å². The number of esters is 1. The molecule has 0 saturated heterocycles. The van der Waals surface area contributed by atoms with E-state index in [0.717, 1.165) is 38.5 Å². The predicted octanol–water partition coefficient (Wildman–Crippen LogP) is 1.21. The third kappa shape index (κ3) is 2.95. The SMILES string of the molecule is COC(=O)C(O)C1(CN)CCCCCCC1. The molecule has 16 heavy (non-hydrogen) atoms. The van der Waals surface area contributed by atoms with Crippen LogP contribution in [0.3, 0.4) is 0 Å². The summed E-state index contributed by atoms with van der Waals surface area (Å²) < 4.78 is 4.62. The van der Waals surface area contributed by atoms with Crippen LogP contribution >= 0.6 is 0 Å². The summed E-state index contributed by atoms with van der Waals surface area (Å²) in [5, 5.41) is 10.1. The zero-order chi connectivity index (χ0) is 12.0. The Kier molecular flexibility index (Phi) is 5.22. The van der Waals surface area contributed by atoms with Gasteiger partial charge in [-0.2, -0.15) is 0 Å². The number of ether oxygens (including phenoxy) is 1. The summed E-state index contributed by atoms with van der Waals surface area (Å²) in [6.07, 6.45) is 6.21. The Hall–Kier alpha value is -0.610. The summed E-state index contributed by atoms with van der Waals surface area (Å²) in [4.78, 5) is 11.4. The molecule has 4 heteroatoms. The van der Waals surface area contributed by atoms with Crippen molar-refractivity contribution >= 4 is 5.97 Å². The largest absolute Gasteiger partial charge is 0.467 e. The van der Waals surface area contributed by atoms with Crippen LogP contribution in [0.15, 0.2) is 0 Å². The minimum atomic E-state index is -1.07. The summed E-state index contributed by atoms with van der Waals surface area (Å²) in [7, 11) is 1.30. The molecule has 1 unspecified atom stereocenters. The number of hydrogen-bond acceptors (Lipinski definition) is 4. The zero-order valence-corrected chi connectivity index (χ0v) is 10.1. The summed E-state index contributed by atoms with van der Waals surface area (Å²) in [5.74, 6) is -0.550. The van der Waals surface area contributed by atoms with E-state index in [-0.39, 0.29) is 0 Å². The maximum atomic E-state index is 11.4. The number of aliphatic hydroxyl groups is 1. The quantitative estimate of drug-likeness (QED) is 0.713. The van der Waals surface area contributed by atoms with Crippen LogP contribution in [0.4, 0.5) is 0 Å². The fraction of sp³-hybridized carbons (Fsp3) is 0.917. The van der Waals surface area contributed by atoms with Crippen molar-refractivity contribution in [2.24, 2.45) is 11.1 Å². The number of methoxy groups -OCH3 is 1. The summed E-state index contributed by atoms with van der Waals surface area (Å²) in [5.41, 5.74) is 5.32. The monoisotopic (exact) mass is 229 g/mol. The average molecular weight is 229 g/mol. The summed E-state index contributed by atoms with van der Waals surface area (Å²) in [6, 6.07) is 0. The molecular formula is C12H23NO3. The van der Waals surface area contributed by atoms with Gasteiger partial charge in [0.2, 0.25) is 0 Å². The van der Waals surface area contributed by atoms with Crippen molar-refractivity contribution in [3.8, 4) is 0 Å². The Morgan fingerprint density at radius 3 is 2.25 bits per heavy atom. The average Bonchev–Trinajstić information content (AvgIpc) is 2.28. The second kappa shape index (κ2) is 6.21. The molecule has 0 aliphatic heterocycles. The fourth-order valence-corrected chi connectivity index (χ4v) is 2.56. The van der Waals surface area contributed by atoms with E-state index >= 15 is 0 Å². The number of nitrogens with two attached hydrogens (primary N) is 1. The van der Waals surface area contributed by atoms with E-state index in [0.29, 0.717) is 6.54 Å². The second-order valence-electron chi connectivity index (χ2n) is 4.76. The highest BCUT2D eigenvalue weighted by Gasteiger charge is 2.41. The van der Waals surface area contributed by atoms with Crippen LogP contribution in [0.5, 0.6) is 0 Å². The molecule has 94 valence electrons. The van der Waals surface area contributed by atoms with Crippen molar-refractivity contribution in [3.63, 3.8) is 0 Å². The molecule has 4 nitrogen and oxygen atoms in total. The lowest BCUT2D eigenvalue weighted by Gasteiger charge is -2.37. The van der Waals surface area contributed by atoms with E-state index in [9.17, 15) is 9.90 Å². The van der Waals surface area contributed by atoms with Gasteiger partial charge in [-0.1, -0.05) is 32.1 Å². The van der Waals surface area contributed by atoms with E-state index in [1.165, 1.54) is 13.5 Å². The Balaban J connectivity index is 2.75. The Morgan fingerprint density at radius 2 is 1.81 bits per heavy atom. The van der Waals surface area contributed by atoms with Crippen LogP contribution in [-0.2, 0) is 9.53 Å². The van der Waals surface area contributed by atoms with Gasteiger partial charge in [0.25, 0.3) is 0 Å². The molecule has 1 atom stereocenters. The van der Waals surface area contributed by atoms with E-state index in [4.69, 9.17) is 5.73 Å². The molecule has 3 N–H and O–H groups in total. The van der Waals surface area contributed by atoms with Crippen LogP contribution in [0.25, 0.3) is 0 Å². The third-order valence-electron chi connectivity index (χ3n) is 3.76. The van der Waals surface area contributed by atoms with Crippen LogP contribution in [-0.4, -0.2) is 30.8 Å². The molecule has 1 rings (SSSR count). The Morgan fingerprint density at radius 1 is 1.31 bits per heavy atom. The first kappa shape index (κ1) is 13.5. The molecule has 0 bridgehead atoms. The molecule has 0 aromatic heterocycles. The minimum absolute atomic E-state index is 0.350. The van der Waals surface area contributed by atoms with Crippen molar-refractivity contribution in [1.82, 2.24) is 0 Å². The van der Waals surface area contributed by atoms with Crippen LogP contribution in [0.1, 0.15) is 44.9 Å². The van der Waals surface area contributed by atoms with Gasteiger partial charge in [-0.15, -0.1) is 0 Å². The first-order valence-corrected chi connectivity index (χ1v) is 6.12. The van der Waals surface area contributed by atoms with Gasteiger partial charge in [-0.3, -0.25) is 0 Å². The smallest absolute Gasteiger partial charge is 0.335 e. The number of aliphatic hydroxyl groups excluding tert-OH is 1. The molecule has 0 radical (unpaired) electrons. The lowest BCUT2D eigenvalue weighted by Crippen LogP contribution is -2.47. The van der Waals surface area contributed by atoms with Crippen molar-refractivity contribution in [2.75, 3.05) is 13.7 Å². The van der Waals surface area contributed by atoms with Gasteiger partial charge in [0.05, 0.1) is 7.11 Å². The lowest BCUT2D eigenvalue weighted by molar-refractivity contribution is -0.159. The summed E-state index contributed by atoms with van der Waals surface area (Å²) >= 11 is 0. The van der Waals surface area contributed by atoms with Gasteiger partial charge < -0.3 is 15.6 Å². The van der Waals surface area contributed by atoms with Gasteiger partial charge in [-0.25, -0.2) is 4.79 Å². The number of carbonyl (C=O) groups is 1. The van der Waals surface area contributed by atoms with Crippen molar-refractivity contribution in [3.05, 3.63) is 0 Å². The van der Waals surface area contributed by atoms with Crippen LogP contribution < -0.4 is 5.73 Å². The van der Waals surface area contributed by atoms with Gasteiger partial charge >= 0.3 is 5.97 Å². The zero-order valence-electron chi connectivity index (χ0n) is 10.1. The molecular weight excluding hydrogens is 206 g/mol. The first-order chi connectivity index (χ1) is 7.66. The van der Waals surface area contributed by atoms with Crippen LogP contribution in [0.2, 0.25) is 0 Å². The van der Waals surface area contributed by atoms with Crippen LogP contribution in [0, 0.1) is 5.41 Å². The topological polar surface area (TPSA) is 72.5 Å². The highest BCUT2D eigenvalue weighted by molar-refractivity contribution is 5.75. The normalized spacial score (nSPS) is 22.9. The standard InChI is InChI=1S/C12H23NO3/c1-16-11(15)10(14)12(9-13)7-5-3-2-4-6-8-12/h10,14H,2-9,13H2,1H3. The highest BCUT2D eigenvalue weighted by Crippen LogP contribution is 2.36. The maximum absolute atomic E-state index is 11.4. The number of rotatable bonds is 3. The van der Waals surface area contributed by atoms with Gasteiger partial charge in [0.1, 0.15) is 0 Å². The molecule has 0 aromatic rings. The van der Waals surface area contributed by atoms with Gasteiger partial charge in [0, 0.05) is 12.0 Å². The number of hydrogen-bond donors (Lipinski definition) is 2. The minimum Gasteiger partial charge on any atom is -0.467 e. The molecule has 1 aliphatic carbocycles. The Labute approximate surface area is 97.2 Å². The first-order valence-electron chi connectivity index (χ1n) is 6.12. The van der Waals surface area contributed by atoms with Gasteiger partial charge in [0.15, 0.2) is 6.10 Å². The fourth-order valence-electron chi connectivity index (χ4n) is 2.56. The molecule has 0 aromatic carbocycles. The molecule has 0 spiro atoms. The summed E-state index contributed by atoms with van der Waals surface area (Å²) in [6.45, 7) is 0.350. The molecule has 0 amide bonds. The molecule has 0 heterocycles. The Bertz CT molecular complexity index is 222. The maximum Gasteiger partial charge on any atom is 0.335 e. The molecule has 1 saturated carbocycles. The second-order valence-corrected chi connectivity index (χ2v) is 4.76. The van der Waals surface area contributed by atoms with Crippen molar-refractivity contribution < 1.29 is 14.6 Å². The number of carbonyl (C=O) groups excluding carboxylic acids is 1. The predicted molar refractivity (Wildman–Crippen MR) is 61.8 cm³/mol.